The van der Waals surface area contributed by atoms with Crippen LogP contribution in [0.25, 0.3) is 0 Å². The highest BCUT2D eigenvalue weighted by Crippen LogP contribution is 2.31. The van der Waals surface area contributed by atoms with Gasteiger partial charge in [-0.25, -0.2) is 4.98 Å². The number of hydrogen-bond donors (Lipinski definition) is 1. The summed E-state index contributed by atoms with van der Waals surface area (Å²) in [6, 6.07) is 3.18. The quantitative estimate of drug-likeness (QED) is 0.799. The van der Waals surface area contributed by atoms with Crippen molar-refractivity contribution in [3.8, 4) is 0 Å². The molecule has 8 nitrogen and oxygen atoms in total. The monoisotopic (exact) mass is 435 g/mol. The minimum atomic E-state index is -0.249. The van der Waals surface area contributed by atoms with E-state index in [2.05, 4.69) is 9.97 Å². The molecule has 1 atom stereocenters. The largest absolute Gasteiger partial charge is 0.337 e. The van der Waals surface area contributed by atoms with Crippen molar-refractivity contribution in [2.45, 2.75) is 64.0 Å². The van der Waals surface area contributed by atoms with Crippen LogP contribution in [0.4, 0.5) is 0 Å². The molecule has 2 aromatic rings. The van der Waals surface area contributed by atoms with Gasteiger partial charge in [-0.15, -0.1) is 0 Å². The number of amides is 2. The van der Waals surface area contributed by atoms with Gasteiger partial charge in [-0.2, -0.15) is 0 Å². The predicted octanol–water partition coefficient (Wildman–Crippen LogP) is 2.61. The Bertz CT molecular complexity index is 1060. The number of nitrogens with one attached hydrogen (secondary N) is 1. The second-order valence-corrected chi connectivity index (χ2v) is 9.11. The lowest BCUT2D eigenvalue weighted by molar-refractivity contribution is -0.136. The van der Waals surface area contributed by atoms with Crippen molar-refractivity contribution in [3.05, 3.63) is 57.5 Å². The van der Waals surface area contributed by atoms with Crippen molar-refractivity contribution >= 4 is 11.8 Å². The van der Waals surface area contributed by atoms with E-state index in [1.54, 1.807) is 24.5 Å². The van der Waals surface area contributed by atoms with Crippen molar-refractivity contribution in [1.29, 1.82) is 0 Å². The Hall–Kier alpha value is -3.03. The van der Waals surface area contributed by atoms with Crippen LogP contribution in [0.15, 0.2) is 29.3 Å². The molecule has 2 fully saturated rings. The van der Waals surface area contributed by atoms with Gasteiger partial charge in [0.2, 0.25) is 5.91 Å². The summed E-state index contributed by atoms with van der Waals surface area (Å²) in [5.41, 5.74) is 1.76. The lowest BCUT2D eigenvalue weighted by Crippen LogP contribution is -2.43. The zero-order valence-corrected chi connectivity index (χ0v) is 18.3. The average molecular weight is 436 g/mol. The summed E-state index contributed by atoms with van der Waals surface area (Å²) in [5, 5.41) is 0. The number of piperidine rings is 1. The Morgan fingerprint density at radius 3 is 2.53 bits per heavy atom. The van der Waals surface area contributed by atoms with E-state index < -0.39 is 0 Å². The van der Waals surface area contributed by atoms with Crippen molar-refractivity contribution in [1.82, 2.24) is 24.8 Å². The Balaban J connectivity index is 1.39. The zero-order valence-electron chi connectivity index (χ0n) is 18.3. The van der Waals surface area contributed by atoms with Crippen LogP contribution in [0.1, 0.15) is 78.4 Å². The third kappa shape index (κ3) is 3.94. The summed E-state index contributed by atoms with van der Waals surface area (Å²) < 4.78 is 0. The summed E-state index contributed by atoms with van der Waals surface area (Å²) in [7, 11) is 0. The molecule has 0 bridgehead atoms. The van der Waals surface area contributed by atoms with E-state index in [1.165, 1.54) is 0 Å². The van der Waals surface area contributed by atoms with Crippen LogP contribution in [0.5, 0.6) is 0 Å². The number of nitrogens with zero attached hydrogens (tertiary/aromatic N) is 4. The fourth-order valence-corrected chi connectivity index (χ4v) is 5.34. The smallest absolute Gasteiger partial charge is 0.256 e. The molecule has 2 aliphatic heterocycles. The molecule has 0 radical (unpaired) electrons. The molecule has 1 N–H and O–H groups in total. The summed E-state index contributed by atoms with van der Waals surface area (Å²) in [5.74, 6) is 0.785. The second kappa shape index (κ2) is 8.84. The predicted molar refractivity (Wildman–Crippen MR) is 118 cm³/mol. The van der Waals surface area contributed by atoms with E-state index in [0.29, 0.717) is 43.0 Å². The highest BCUT2D eigenvalue weighted by molar-refractivity contribution is 5.94. The molecule has 0 spiro atoms. The second-order valence-electron chi connectivity index (χ2n) is 9.11. The van der Waals surface area contributed by atoms with E-state index in [1.807, 2.05) is 9.80 Å². The molecule has 2 aromatic heterocycles. The molecule has 1 aliphatic carbocycles. The van der Waals surface area contributed by atoms with Gasteiger partial charge in [0.15, 0.2) is 0 Å². The van der Waals surface area contributed by atoms with Gasteiger partial charge < -0.3 is 14.8 Å². The first-order valence-corrected chi connectivity index (χ1v) is 11.7. The molecular weight excluding hydrogens is 406 g/mol. The van der Waals surface area contributed by atoms with Crippen molar-refractivity contribution < 1.29 is 9.59 Å². The van der Waals surface area contributed by atoms with Crippen LogP contribution in [0, 0.1) is 5.92 Å². The Morgan fingerprint density at radius 1 is 1.00 bits per heavy atom. The molecule has 8 heteroatoms. The molecule has 168 valence electrons. The molecule has 3 aliphatic rings. The number of carbonyl (C=O) groups excluding carboxylic acids is 2. The van der Waals surface area contributed by atoms with Crippen LogP contribution >= 0.6 is 0 Å². The van der Waals surface area contributed by atoms with E-state index in [0.717, 1.165) is 50.6 Å². The summed E-state index contributed by atoms with van der Waals surface area (Å²) in [4.78, 5) is 54.4. The molecule has 0 aromatic carbocycles. The van der Waals surface area contributed by atoms with E-state index in [-0.39, 0.29) is 29.3 Å². The normalized spacial score (nSPS) is 21.4. The van der Waals surface area contributed by atoms with Gasteiger partial charge in [-0.1, -0.05) is 12.8 Å². The molecule has 1 unspecified atom stereocenters. The highest BCUT2D eigenvalue weighted by atomic mass is 16.2. The van der Waals surface area contributed by atoms with Crippen LogP contribution < -0.4 is 5.56 Å². The Morgan fingerprint density at radius 2 is 1.75 bits per heavy atom. The van der Waals surface area contributed by atoms with Gasteiger partial charge in [-0.05, 0) is 44.2 Å². The highest BCUT2D eigenvalue weighted by Gasteiger charge is 2.34. The van der Waals surface area contributed by atoms with Gasteiger partial charge in [0.25, 0.3) is 11.5 Å². The first-order chi connectivity index (χ1) is 15.6. The van der Waals surface area contributed by atoms with Crippen molar-refractivity contribution in [2.24, 2.45) is 5.92 Å². The minimum absolute atomic E-state index is 0.0641. The third-order valence-corrected chi connectivity index (χ3v) is 7.11. The minimum Gasteiger partial charge on any atom is -0.337 e. The number of rotatable bonds is 3. The van der Waals surface area contributed by atoms with Crippen molar-refractivity contribution in [2.75, 3.05) is 13.1 Å². The maximum atomic E-state index is 13.1. The summed E-state index contributed by atoms with van der Waals surface area (Å²) in [6.45, 7) is 1.57. The zero-order chi connectivity index (χ0) is 22.1. The summed E-state index contributed by atoms with van der Waals surface area (Å²) in [6.07, 6.45) is 10.6. The number of carbonyl (C=O) groups is 2. The van der Waals surface area contributed by atoms with E-state index in [9.17, 15) is 14.4 Å². The number of likely N-dealkylation sites (tertiary alicyclic amines) is 1. The van der Waals surface area contributed by atoms with Gasteiger partial charge in [0.05, 0.1) is 23.8 Å². The molecule has 4 heterocycles. The fourth-order valence-electron chi connectivity index (χ4n) is 5.34. The number of fused-ring (bicyclic) bond motifs is 1. The molecule has 1 saturated heterocycles. The molecule has 1 saturated carbocycles. The molecule has 32 heavy (non-hydrogen) atoms. The van der Waals surface area contributed by atoms with Gasteiger partial charge in [0.1, 0.15) is 5.82 Å². The maximum Gasteiger partial charge on any atom is 0.256 e. The SMILES string of the molecule is O=C(C1CCCC1)N1CCc2nc(C3CCCCN3C(=O)c3ccncc3)[nH]c(=O)c2C1. The Kier molecular flexibility index (Phi) is 5.76. The van der Waals surface area contributed by atoms with Crippen LogP contribution in [0.2, 0.25) is 0 Å². The first-order valence-electron chi connectivity index (χ1n) is 11.7. The number of pyridine rings is 1. The first kappa shape index (κ1) is 20.8. The Labute approximate surface area is 187 Å². The van der Waals surface area contributed by atoms with Gasteiger partial charge in [0, 0.05) is 43.4 Å². The van der Waals surface area contributed by atoms with Crippen LogP contribution in [0.3, 0.4) is 0 Å². The topological polar surface area (TPSA) is 99.3 Å². The average Bonchev–Trinajstić information content (AvgIpc) is 3.38. The lowest BCUT2D eigenvalue weighted by Gasteiger charge is -2.36. The third-order valence-electron chi connectivity index (χ3n) is 7.11. The van der Waals surface area contributed by atoms with E-state index >= 15 is 0 Å². The van der Waals surface area contributed by atoms with Gasteiger partial charge in [-0.3, -0.25) is 19.4 Å². The number of aromatic amines is 1. The number of aromatic nitrogens is 3. The van der Waals surface area contributed by atoms with Crippen LogP contribution in [-0.2, 0) is 17.8 Å². The lowest BCUT2D eigenvalue weighted by atomic mass is 9.98. The summed E-state index contributed by atoms with van der Waals surface area (Å²) >= 11 is 0. The van der Waals surface area contributed by atoms with Crippen LogP contribution in [-0.4, -0.2) is 49.7 Å². The number of H-pyrrole nitrogens is 1. The van der Waals surface area contributed by atoms with Gasteiger partial charge >= 0.3 is 0 Å². The maximum absolute atomic E-state index is 13.1. The molecule has 5 rings (SSSR count). The standard InChI is InChI=1S/C24H29N5O3/c30-22-18-15-28(23(31)16-5-1-2-6-16)14-10-19(18)26-21(27-22)20-7-3-4-13-29(20)24(32)17-8-11-25-12-9-17/h8-9,11-12,16,20H,1-7,10,13-15H2,(H,26,27,30). The number of hydrogen-bond acceptors (Lipinski definition) is 5. The molecular formula is C24H29N5O3. The fraction of sp³-hybridized carbons (Fsp3) is 0.542. The molecule has 2 amide bonds. The van der Waals surface area contributed by atoms with Crippen molar-refractivity contribution in [3.63, 3.8) is 0 Å². The van der Waals surface area contributed by atoms with E-state index in [4.69, 9.17) is 4.98 Å².